The Morgan fingerprint density at radius 1 is 1.07 bits per heavy atom. The third kappa shape index (κ3) is 7.19. The van der Waals surface area contributed by atoms with Crippen molar-refractivity contribution >= 4 is 45.4 Å². The molecule has 2 aromatic rings. The first-order valence-corrected chi connectivity index (χ1v) is 15.2. The number of aromatic hydroxyl groups is 1. The van der Waals surface area contributed by atoms with Gasteiger partial charge in [-0.05, 0) is 80.0 Å². The number of carbonyl (C=O) groups excluding carboxylic acids is 2. The Balaban J connectivity index is 1.51. The number of aliphatic carboxylic acids is 1. The van der Waals surface area contributed by atoms with Gasteiger partial charge in [0, 0.05) is 28.9 Å². The number of imide groups is 1. The summed E-state index contributed by atoms with van der Waals surface area (Å²) in [5.74, 6) is -3.26. The molecule has 2 aromatic carbocycles. The average Bonchev–Trinajstić information content (AvgIpc) is 3.20. The lowest BCUT2D eigenvalue weighted by atomic mass is 9.68. The van der Waals surface area contributed by atoms with E-state index in [9.17, 15) is 29.7 Å². The first-order valence-electron chi connectivity index (χ1n) is 14.4. The number of carbonyl (C=O) groups is 3. The van der Waals surface area contributed by atoms with Crippen molar-refractivity contribution in [3.05, 3.63) is 75.3 Å². The quantitative estimate of drug-likeness (QED) is 0.0995. The van der Waals surface area contributed by atoms with Gasteiger partial charge < -0.3 is 20.4 Å². The molecule has 0 aromatic heterocycles. The third-order valence-electron chi connectivity index (χ3n) is 8.40. The highest BCUT2D eigenvalue weighted by Crippen LogP contribution is 2.46. The summed E-state index contributed by atoms with van der Waals surface area (Å²) in [6, 6.07) is 14.9. The molecule has 9 heteroatoms. The molecule has 2 amide bonds. The third-order valence-corrected chi connectivity index (χ3v) is 8.89. The van der Waals surface area contributed by atoms with E-state index in [0.29, 0.717) is 49.7 Å². The second-order valence-corrected chi connectivity index (χ2v) is 12.1. The molecule has 224 valence electrons. The number of benzene rings is 2. The van der Waals surface area contributed by atoms with Crippen LogP contribution < -0.4 is 0 Å². The molecule has 0 bridgehead atoms. The Bertz CT molecular complexity index is 1370. The van der Waals surface area contributed by atoms with E-state index in [1.54, 1.807) is 12.1 Å². The molecular formula is C33H38BrNO7. The molecule has 1 heterocycles. The number of rotatable bonds is 13. The SMILES string of the molecule is CC1=C([C@H](O)CC/C(=C/c2cc(Br)ccc2O)c2ccccc2)[C@H](CO)[C@@H]2C(=O)N(CCCCCC(=O)O)C(=O)[C@@H]2C1. The highest BCUT2D eigenvalue weighted by atomic mass is 79.9. The molecule has 4 N–H and O–H groups in total. The predicted molar refractivity (Wildman–Crippen MR) is 163 cm³/mol. The number of halogens is 1. The first kappa shape index (κ1) is 31.7. The van der Waals surface area contributed by atoms with E-state index >= 15 is 0 Å². The van der Waals surface area contributed by atoms with Gasteiger partial charge in [0.1, 0.15) is 5.75 Å². The van der Waals surface area contributed by atoms with Crippen LogP contribution >= 0.6 is 15.9 Å². The van der Waals surface area contributed by atoms with Crippen LogP contribution in [0.5, 0.6) is 5.75 Å². The summed E-state index contributed by atoms with van der Waals surface area (Å²) < 4.78 is 0.826. The van der Waals surface area contributed by atoms with Crippen LogP contribution in [-0.4, -0.2) is 62.4 Å². The lowest BCUT2D eigenvalue weighted by Crippen LogP contribution is -2.38. The summed E-state index contributed by atoms with van der Waals surface area (Å²) in [5.41, 5.74) is 3.95. The monoisotopic (exact) mass is 639 g/mol. The van der Waals surface area contributed by atoms with Gasteiger partial charge in [0.15, 0.2) is 0 Å². The molecule has 8 nitrogen and oxygen atoms in total. The molecule has 1 aliphatic carbocycles. The van der Waals surface area contributed by atoms with Crippen molar-refractivity contribution in [1.29, 1.82) is 0 Å². The Kier molecular flexibility index (Phi) is 10.8. The number of hydrogen-bond acceptors (Lipinski definition) is 6. The standard InChI is InChI=1S/C33H38BrNO7/c1-20-16-25-31(33(42)35(32(25)41)15-7-3-6-10-29(39)40)26(19-36)30(20)28(38)13-11-22(21-8-4-2-5-9-21)17-23-18-24(34)12-14-27(23)37/h2,4-5,8-9,12,14,17-18,25-26,28,31,36-38H,3,6-7,10-11,13,15-16,19H2,1H3,(H,39,40)/b22-17-/t25-,26+,28-,31-/m1/s1. The van der Waals surface area contributed by atoms with Gasteiger partial charge in [-0.3, -0.25) is 19.3 Å². The number of nitrogens with zero attached hydrogens (tertiary/aromatic N) is 1. The van der Waals surface area contributed by atoms with Crippen molar-refractivity contribution in [2.75, 3.05) is 13.2 Å². The molecule has 0 spiro atoms. The molecule has 4 rings (SSSR count). The zero-order valence-corrected chi connectivity index (χ0v) is 25.3. The number of fused-ring (bicyclic) bond motifs is 1. The van der Waals surface area contributed by atoms with E-state index in [-0.39, 0.29) is 37.1 Å². The van der Waals surface area contributed by atoms with E-state index in [1.807, 2.05) is 49.4 Å². The van der Waals surface area contributed by atoms with Gasteiger partial charge in [0.05, 0.1) is 24.5 Å². The number of phenolic OH excluding ortho intramolecular Hbond substituents is 1. The highest BCUT2D eigenvalue weighted by Gasteiger charge is 2.54. The molecule has 0 unspecified atom stereocenters. The van der Waals surface area contributed by atoms with E-state index in [0.717, 1.165) is 21.2 Å². The molecule has 0 radical (unpaired) electrons. The second-order valence-electron chi connectivity index (χ2n) is 11.2. The zero-order chi connectivity index (χ0) is 30.4. The van der Waals surface area contributed by atoms with Crippen LogP contribution in [-0.2, 0) is 14.4 Å². The Morgan fingerprint density at radius 3 is 2.50 bits per heavy atom. The number of allylic oxidation sites excluding steroid dienone is 2. The van der Waals surface area contributed by atoms with Gasteiger partial charge in [0.2, 0.25) is 11.8 Å². The van der Waals surface area contributed by atoms with Gasteiger partial charge in [-0.1, -0.05) is 58.3 Å². The number of aliphatic hydroxyl groups is 2. The van der Waals surface area contributed by atoms with Crippen LogP contribution in [0, 0.1) is 17.8 Å². The first-order chi connectivity index (χ1) is 20.1. The second kappa shape index (κ2) is 14.3. The normalized spacial score (nSPS) is 21.6. The molecule has 42 heavy (non-hydrogen) atoms. The molecule has 1 fully saturated rings. The van der Waals surface area contributed by atoms with Gasteiger partial charge in [0.25, 0.3) is 0 Å². The lowest BCUT2D eigenvalue weighted by Gasteiger charge is -2.35. The molecule has 1 saturated heterocycles. The maximum Gasteiger partial charge on any atom is 0.303 e. The van der Waals surface area contributed by atoms with Crippen molar-refractivity contribution in [2.45, 2.75) is 58.0 Å². The fraction of sp³-hybridized carbons (Fsp3) is 0.424. The molecule has 0 saturated carbocycles. The molecule has 4 atom stereocenters. The van der Waals surface area contributed by atoms with Crippen molar-refractivity contribution in [3.8, 4) is 5.75 Å². The maximum atomic E-state index is 13.4. The summed E-state index contributed by atoms with van der Waals surface area (Å²) in [4.78, 5) is 38.7. The minimum atomic E-state index is -0.931. The summed E-state index contributed by atoms with van der Waals surface area (Å²) in [5, 5.41) is 41.2. The van der Waals surface area contributed by atoms with Crippen molar-refractivity contribution < 1.29 is 34.8 Å². The summed E-state index contributed by atoms with van der Waals surface area (Å²) >= 11 is 3.45. The minimum absolute atomic E-state index is 0.0509. The fourth-order valence-corrected chi connectivity index (χ4v) is 6.73. The van der Waals surface area contributed by atoms with Gasteiger partial charge in [-0.15, -0.1) is 0 Å². The Hall–Kier alpha value is -3.27. The van der Waals surface area contributed by atoms with Gasteiger partial charge >= 0.3 is 5.97 Å². The fourth-order valence-electron chi connectivity index (χ4n) is 6.35. The van der Waals surface area contributed by atoms with Crippen LogP contribution in [0.25, 0.3) is 11.6 Å². The van der Waals surface area contributed by atoms with E-state index in [2.05, 4.69) is 15.9 Å². The van der Waals surface area contributed by atoms with Crippen LogP contribution in [0.1, 0.15) is 63.0 Å². The Morgan fingerprint density at radius 2 is 1.81 bits per heavy atom. The summed E-state index contributed by atoms with van der Waals surface area (Å²) in [6.07, 6.45) is 3.76. The number of phenols is 1. The number of hydrogen-bond donors (Lipinski definition) is 4. The van der Waals surface area contributed by atoms with E-state index < -0.39 is 29.8 Å². The van der Waals surface area contributed by atoms with Crippen molar-refractivity contribution in [3.63, 3.8) is 0 Å². The molecule has 2 aliphatic rings. The summed E-state index contributed by atoms with van der Waals surface area (Å²) in [6.45, 7) is 1.73. The van der Waals surface area contributed by atoms with Crippen LogP contribution in [0.2, 0.25) is 0 Å². The molecular weight excluding hydrogens is 602 g/mol. The van der Waals surface area contributed by atoms with E-state index in [1.165, 1.54) is 4.90 Å². The van der Waals surface area contributed by atoms with Crippen molar-refractivity contribution in [2.24, 2.45) is 17.8 Å². The number of unbranched alkanes of at least 4 members (excludes halogenated alkanes) is 2. The smallest absolute Gasteiger partial charge is 0.303 e. The van der Waals surface area contributed by atoms with Crippen molar-refractivity contribution in [1.82, 2.24) is 4.90 Å². The van der Waals surface area contributed by atoms with Gasteiger partial charge in [-0.25, -0.2) is 0 Å². The zero-order valence-electron chi connectivity index (χ0n) is 23.7. The van der Waals surface area contributed by atoms with Crippen LogP contribution in [0.4, 0.5) is 0 Å². The minimum Gasteiger partial charge on any atom is -0.507 e. The largest absolute Gasteiger partial charge is 0.507 e. The van der Waals surface area contributed by atoms with Crippen LogP contribution in [0.3, 0.4) is 0 Å². The van der Waals surface area contributed by atoms with Gasteiger partial charge in [-0.2, -0.15) is 0 Å². The topological polar surface area (TPSA) is 135 Å². The van der Waals surface area contributed by atoms with Crippen LogP contribution in [0.15, 0.2) is 64.1 Å². The number of aliphatic hydroxyl groups excluding tert-OH is 2. The summed E-state index contributed by atoms with van der Waals surface area (Å²) in [7, 11) is 0. The highest BCUT2D eigenvalue weighted by molar-refractivity contribution is 9.10. The predicted octanol–water partition coefficient (Wildman–Crippen LogP) is 5.41. The molecule has 1 aliphatic heterocycles. The number of carboxylic acids is 1. The lowest BCUT2D eigenvalue weighted by molar-refractivity contribution is -0.141. The number of carboxylic acid groups (broad SMARTS) is 1. The number of amides is 2. The van der Waals surface area contributed by atoms with E-state index in [4.69, 9.17) is 5.11 Å². The number of likely N-dealkylation sites (tertiary alicyclic amines) is 1. The average molecular weight is 641 g/mol. The maximum absolute atomic E-state index is 13.4. The Labute approximate surface area is 254 Å².